The smallest absolute Gasteiger partial charge is 0.220 e. The van der Waals surface area contributed by atoms with Crippen LogP contribution < -0.4 is 11.1 Å². The fraction of sp³-hybridized carbons (Fsp3) is 0.933. The third-order valence-corrected chi connectivity index (χ3v) is 3.47. The lowest BCUT2D eigenvalue weighted by molar-refractivity contribution is -0.121. The Morgan fingerprint density at radius 1 is 1.25 bits per heavy atom. The second-order valence-electron chi connectivity index (χ2n) is 5.89. The standard InChI is InChI=1S/C15H33N3O2/c1-13(2)14(7-8-16)5-6-15(19)17-9-11-20-12-10-18(3)4/h13-14H,5-12,16H2,1-4H3,(H,17,19). The molecule has 0 spiro atoms. The topological polar surface area (TPSA) is 67.6 Å². The average molecular weight is 287 g/mol. The second kappa shape index (κ2) is 12.1. The highest BCUT2D eigenvalue weighted by Crippen LogP contribution is 2.20. The Labute approximate surface area is 124 Å². The molecule has 1 atom stereocenters. The van der Waals surface area contributed by atoms with Gasteiger partial charge in [0.15, 0.2) is 0 Å². The highest BCUT2D eigenvalue weighted by molar-refractivity contribution is 5.75. The molecule has 0 heterocycles. The van der Waals surface area contributed by atoms with Crippen LogP contribution in [0, 0.1) is 11.8 Å². The van der Waals surface area contributed by atoms with Gasteiger partial charge in [0.1, 0.15) is 0 Å². The molecule has 3 N–H and O–H groups in total. The molecule has 5 nitrogen and oxygen atoms in total. The largest absolute Gasteiger partial charge is 0.378 e. The van der Waals surface area contributed by atoms with Gasteiger partial charge in [-0.15, -0.1) is 0 Å². The maximum atomic E-state index is 11.7. The van der Waals surface area contributed by atoms with Gasteiger partial charge in [0.25, 0.3) is 0 Å². The SMILES string of the molecule is CC(C)C(CCN)CCC(=O)NCCOCCN(C)C. The molecule has 0 fully saturated rings. The van der Waals surface area contributed by atoms with Gasteiger partial charge in [0.2, 0.25) is 5.91 Å². The number of nitrogens with one attached hydrogen (secondary N) is 1. The van der Waals surface area contributed by atoms with Crippen LogP contribution in [0.2, 0.25) is 0 Å². The molecule has 1 amide bonds. The number of nitrogens with zero attached hydrogens (tertiary/aromatic N) is 1. The molecule has 0 radical (unpaired) electrons. The highest BCUT2D eigenvalue weighted by atomic mass is 16.5. The van der Waals surface area contributed by atoms with Crippen LogP contribution in [0.25, 0.3) is 0 Å². The van der Waals surface area contributed by atoms with Gasteiger partial charge in [-0.1, -0.05) is 13.8 Å². The molecule has 0 bridgehead atoms. The van der Waals surface area contributed by atoms with E-state index in [0.29, 0.717) is 44.6 Å². The normalized spacial score (nSPS) is 12.9. The number of carbonyl (C=O) groups excluding carboxylic acids is 1. The van der Waals surface area contributed by atoms with Crippen LogP contribution in [0.5, 0.6) is 0 Å². The molecule has 1 unspecified atom stereocenters. The van der Waals surface area contributed by atoms with E-state index in [1.54, 1.807) is 0 Å². The van der Waals surface area contributed by atoms with Crippen LogP contribution in [0.3, 0.4) is 0 Å². The van der Waals surface area contributed by atoms with E-state index in [0.717, 1.165) is 19.4 Å². The predicted molar refractivity (Wildman–Crippen MR) is 83.6 cm³/mol. The van der Waals surface area contributed by atoms with E-state index in [1.165, 1.54) is 0 Å². The number of ether oxygens (including phenoxy) is 1. The van der Waals surface area contributed by atoms with Crippen LogP contribution in [-0.4, -0.2) is 57.8 Å². The molecule has 0 aromatic heterocycles. The Hall–Kier alpha value is -0.650. The lowest BCUT2D eigenvalue weighted by Crippen LogP contribution is -2.29. The molecule has 20 heavy (non-hydrogen) atoms. The van der Waals surface area contributed by atoms with E-state index in [-0.39, 0.29) is 5.91 Å². The Morgan fingerprint density at radius 2 is 1.95 bits per heavy atom. The van der Waals surface area contributed by atoms with Crippen molar-refractivity contribution in [2.75, 3.05) is 46.9 Å². The quantitative estimate of drug-likeness (QED) is 0.527. The van der Waals surface area contributed by atoms with Crippen molar-refractivity contribution < 1.29 is 9.53 Å². The zero-order valence-corrected chi connectivity index (χ0v) is 13.7. The molecule has 0 aromatic carbocycles. The summed E-state index contributed by atoms with van der Waals surface area (Å²) in [5.41, 5.74) is 5.60. The van der Waals surface area contributed by atoms with Crippen LogP contribution in [-0.2, 0) is 9.53 Å². The Kier molecular flexibility index (Phi) is 11.7. The molecule has 0 saturated carbocycles. The zero-order valence-electron chi connectivity index (χ0n) is 13.7. The first-order valence-corrected chi connectivity index (χ1v) is 7.66. The van der Waals surface area contributed by atoms with E-state index in [9.17, 15) is 4.79 Å². The third kappa shape index (κ3) is 11.2. The maximum Gasteiger partial charge on any atom is 0.220 e. The van der Waals surface area contributed by atoms with E-state index < -0.39 is 0 Å². The van der Waals surface area contributed by atoms with Crippen molar-refractivity contribution in [3.8, 4) is 0 Å². The van der Waals surface area contributed by atoms with Gasteiger partial charge in [-0.05, 0) is 45.3 Å². The molecule has 120 valence electrons. The summed E-state index contributed by atoms with van der Waals surface area (Å²) in [6, 6.07) is 0. The lowest BCUT2D eigenvalue weighted by atomic mass is 9.88. The molecule has 0 aliphatic rings. The summed E-state index contributed by atoms with van der Waals surface area (Å²) in [7, 11) is 4.02. The second-order valence-corrected chi connectivity index (χ2v) is 5.89. The van der Waals surface area contributed by atoms with Gasteiger partial charge in [-0.2, -0.15) is 0 Å². The van der Waals surface area contributed by atoms with Crippen molar-refractivity contribution in [1.29, 1.82) is 0 Å². The van der Waals surface area contributed by atoms with E-state index in [1.807, 2.05) is 14.1 Å². The van der Waals surface area contributed by atoms with Crippen LogP contribution in [0.4, 0.5) is 0 Å². The Bertz CT molecular complexity index is 245. The molecular weight excluding hydrogens is 254 g/mol. The molecule has 0 saturated heterocycles. The average Bonchev–Trinajstić information content (AvgIpc) is 2.37. The first kappa shape index (κ1) is 19.4. The Balaban J connectivity index is 3.57. The lowest BCUT2D eigenvalue weighted by Gasteiger charge is -2.19. The summed E-state index contributed by atoms with van der Waals surface area (Å²) < 4.78 is 5.42. The minimum absolute atomic E-state index is 0.115. The van der Waals surface area contributed by atoms with Crippen molar-refractivity contribution in [2.24, 2.45) is 17.6 Å². The summed E-state index contributed by atoms with van der Waals surface area (Å²) >= 11 is 0. The van der Waals surface area contributed by atoms with Crippen molar-refractivity contribution in [3.63, 3.8) is 0 Å². The number of hydrogen-bond donors (Lipinski definition) is 2. The van der Waals surface area contributed by atoms with Gasteiger partial charge < -0.3 is 20.7 Å². The van der Waals surface area contributed by atoms with Crippen molar-refractivity contribution >= 4 is 5.91 Å². The monoisotopic (exact) mass is 287 g/mol. The van der Waals surface area contributed by atoms with E-state index in [4.69, 9.17) is 10.5 Å². The summed E-state index contributed by atoms with van der Waals surface area (Å²) in [5.74, 6) is 1.24. The van der Waals surface area contributed by atoms with Gasteiger partial charge in [-0.25, -0.2) is 0 Å². The molecule has 0 aliphatic heterocycles. The van der Waals surface area contributed by atoms with Gasteiger partial charge in [-0.3, -0.25) is 4.79 Å². The van der Waals surface area contributed by atoms with Crippen LogP contribution >= 0.6 is 0 Å². The summed E-state index contributed by atoms with van der Waals surface area (Å²) in [5, 5.41) is 2.90. The molecule has 5 heteroatoms. The summed E-state index contributed by atoms with van der Waals surface area (Å²) in [6.07, 6.45) is 2.50. The fourth-order valence-corrected chi connectivity index (χ4v) is 2.04. The van der Waals surface area contributed by atoms with Crippen molar-refractivity contribution in [2.45, 2.75) is 33.1 Å². The van der Waals surface area contributed by atoms with E-state index in [2.05, 4.69) is 24.1 Å². The van der Waals surface area contributed by atoms with Crippen LogP contribution in [0.15, 0.2) is 0 Å². The fourth-order valence-electron chi connectivity index (χ4n) is 2.04. The van der Waals surface area contributed by atoms with Crippen LogP contribution in [0.1, 0.15) is 33.1 Å². The number of hydrogen-bond acceptors (Lipinski definition) is 4. The minimum Gasteiger partial charge on any atom is -0.378 e. The van der Waals surface area contributed by atoms with Crippen molar-refractivity contribution in [1.82, 2.24) is 10.2 Å². The minimum atomic E-state index is 0.115. The molecule has 0 aromatic rings. The van der Waals surface area contributed by atoms with E-state index >= 15 is 0 Å². The molecule has 0 rings (SSSR count). The first-order valence-electron chi connectivity index (χ1n) is 7.66. The number of likely N-dealkylation sites (N-methyl/N-ethyl adjacent to an activating group) is 1. The number of nitrogens with two attached hydrogens (primary N) is 1. The zero-order chi connectivity index (χ0) is 15.4. The highest BCUT2D eigenvalue weighted by Gasteiger charge is 2.14. The van der Waals surface area contributed by atoms with Gasteiger partial charge >= 0.3 is 0 Å². The maximum absolute atomic E-state index is 11.7. The molecular formula is C15H33N3O2. The van der Waals surface area contributed by atoms with Gasteiger partial charge in [0.05, 0.1) is 13.2 Å². The molecule has 0 aliphatic carbocycles. The number of carbonyl (C=O) groups is 1. The predicted octanol–water partition coefficient (Wildman–Crippen LogP) is 1.08. The number of rotatable bonds is 12. The van der Waals surface area contributed by atoms with Crippen molar-refractivity contribution in [3.05, 3.63) is 0 Å². The number of amides is 1. The van der Waals surface area contributed by atoms with Gasteiger partial charge in [0, 0.05) is 19.5 Å². The summed E-state index contributed by atoms with van der Waals surface area (Å²) in [4.78, 5) is 13.8. The Morgan fingerprint density at radius 3 is 2.50 bits per heavy atom. The first-order chi connectivity index (χ1) is 9.47. The third-order valence-electron chi connectivity index (χ3n) is 3.47. The summed E-state index contributed by atoms with van der Waals surface area (Å²) in [6.45, 7) is 7.86.